The minimum absolute atomic E-state index is 0.118. The molecular weight excluding hydrogens is 356 g/mol. The first-order valence-corrected chi connectivity index (χ1v) is 10.4. The first kappa shape index (κ1) is 17.7. The van der Waals surface area contributed by atoms with Gasteiger partial charge in [0.05, 0.1) is 6.20 Å². The fraction of sp³-hybridized carbons (Fsp3) is 0.700. The second kappa shape index (κ2) is 6.60. The fourth-order valence-corrected chi connectivity index (χ4v) is 4.75. The minimum Gasteiger partial charge on any atom is -0.408 e. The van der Waals surface area contributed by atoms with Crippen LogP contribution in [0.2, 0.25) is 0 Å². The summed E-state index contributed by atoms with van der Waals surface area (Å²) >= 11 is 0. The van der Waals surface area contributed by atoms with E-state index in [1.807, 2.05) is 29.7 Å². The van der Waals surface area contributed by atoms with Gasteiger partial charge in [-0.3, -0.25) is 9.48 Å². The third-order valence-electron chi connectivity index (χ3n) is 6.94. The number of aromatic nitrogens is 4. The number of carbonyl (C=O) groups is 1. The number of piperidine rings is 1. The third-order valence-corrected chi connectivity index (χ3v) is 6.94. The molecule has 1 spiro atoms. The molecule has 0 unspecified atom stereocenters. The Morgan fingerprint density at radius 1 is 1.29 bits per heavy atom. The van der Waals surface area contributed by atoms with Gasteiger partial charge in [0.25, 0.3) is 0 Å². The number of nitrogens with one attached hydrogen (secondary N) is 1. The van der Waals surface area contributed by atoms with Gasteiger partial charge in [0.15, 0.2) is 0 Å². The highest BCUT2D eigenvalue weighted by atomic mass is 16.4. The van der Waals surface area contributed by atoms with E-state index in [2.05, 4.69) is 20.6 Å². The minimum atomic E-state index is -0.363. The van der Waals surface area contributed by atoms with Crippen molar-refractivity contribution in [3.8, 4) is 0 Å². The molecule has 5 rings (SSSR count). The first-order chi connectivity index (χ1) is 13.5. The molecule has 1 saturated heterocycles. The van der Waals surface area contributed by atoms with E-state index in [9.17, 15) is 4.79 Å². The Hall–Kier alpha value is -2.38. The lowest BCUT2D eigenvalue weighted by Crippen LogP contribution is -2.45. The summed E-state index contributed by atoms with van der Waals surface area (Å²) in [5.74, 6) is 0.973. The Kier molecular flexibility index (Phi) is 4.17. The summed E-state index contributed by atoms with van der Waals surface area (Å²) in [6.45, 7) is 3.61. The zero-order valence-corrected chi connectivity index (χ0v) is 16.6. The zero-order chi connectivity index (χ0) is 19.3. The average molecular weight is 384 g/mol. The summed E-state index contributed by atoms with van der Waals surface area (Å²) in [6.07, 6.45) is 9.72. The predicted molar refractivity (Wildman–Crippen MR) is 103 cm³/mol. The number of aryl methyl sites for hydroxylation is 1. The van der Waals surface area contributed by atoms with E-state index < -0.39 is 0 Å². The molecule has 1 saturated carbocycles. The molecule has 2 fully saturated rings. The van der Waals surface area contributed by atoms with E-state index in [1.54, 1.807) is 0 Å². The van der Waals surface area contributed by atoms with Crippen molar-refractivity contribution in [2.24, 2.45) is 12.5 Å². The van der Waals surface area contributed by atoms with Crippen LogP contribution in [0.15, 0.2) is 10.6 Å². The summed E-state index contributed by atoms with van der Waals surface area (Å²) in [7, 11) is 1.99. The molecule has 0 bridgehead atoms. The van der Waals surface area contributed by atoms with Crippen molar-refractivity contribution in [3.05, 3.63) is 23.3 Å². The van der Waals surface area contributed by atoms with Crippen molar-refractivity contribution in [1.29, 1.82) is 0 Å². The normalized spacial score (nSPS) is 24.1. The molecule has 2 atom stereocenters. The molecule has 150 valence electrons. The molecule has 3 heterocycles. The van der Waals surface area contributed by atoms with E-state index in [1.165, 1.54) is 24.1 Å². The van der Waals surface area contributed by atoms with Crippen LogP contribution in [0.4, 0.5) is 6.01 Å². The molecule has 8 nitrogen and oxygen atoms in total. The van der Waals surface area contributed by atoms with Crippen molar-refractivity contribution in [2.45, 2.75) is 63.8 Å². The highest BCUT2D eigenvalue weighted by Crippen LogP contribution is 2.53. The molecule has 2 aromatic heterocycles. The highest BCUT2D eigenvalue weighted by molar-refractivity contribution is 5.83. The van der Waals surface area contributed by atoms with E-state index >= 15 is 0 Å². The SMILES string of the molecule is C[C@@H](Nc1nnc([C@@H]2CCc3c(cnn3C)C2)o1)C(=O)N1CCC2(CC1)CC2. The number of amides is 1. The summed E-state index contributed by atoms with van der Waals surface area (Å²) in [6, 6.07) is -0.0265. The number of carbonyl (C=O) groups excluding carboxylic acids is 1. The molecule has 0 radical (unpaired) electrons. The van der Waals surface area contributed by atoms with E-state index in [-0.39, 0.29) is 17.9 Å². The second-order valence-corrected chi connectivity index (χ2v) is 8.82. The van der Waals surface area contributed by atoms with Crippen LogP contribution in [0, 0.1) is 5.41 Å². The van der Waals surface area contributed by atoms with Crippen molar-refractivity contribution in [1.82, 2.24) is 24.9 Å². The molecule has 1 amide bonds. The maximum Gasteiger partial charge on any atom is 0.316 e. The van der Waals surface area contributed by atoms with Crippen LogP contribution in [-0.4, -0.2) is 49.9 Å². The number of nitrogens with zero attached hydrogens (tertiary/aromatic N) is 5. The Balaban J connectivity index is 1.19. The molecule has 2 aliphatic carbocycles. The number of likely N-dealkylation sites (tertiary alicyclic amines) is 1. The van der Waals surface area contributed by atoms with Crippen LogP contribution in [0.5, 0.6) is 0 Å². The lowest BCUT2D eigenvalue weighted by Gasteiger charge is -2.33. The molecule has 1 aliphatic heterocycles. The maximum absolute atomic E-state index is 12.7. The van der Waals surface area contributed by atoms with E-state index in [0.717, 1.165) is 45.2 Å². The lowest BCUT2D eigenvalue weighted by molar-refractivity contribution is -0.133. The fourth-order valence-electron chi connectivity index (χ4n) is 4.75. The molecule has 2 aromatic rings. The molecule has 8 heteroatoms. The van der Waals surface area contributed by atoms with Crippen molar-refractivity contribution in [2.75, 3.05) is 18.4 Å². The predicted octanol–water partition coefficient (Wildman–Crippen LogP) is 2.28. The lowest BCUT2D eigenvalue weighted by atomic mass is 9.88. The van der Waals surface area contributed by atoms with Crippen LogP contribution in [0.25, 0.3) is 0 Å². The van der Waals surface area contributed by atoms with E-state index in [0.29, 0.717) is 17.3 Å². The second-order valence-electron chi connectivity index (χ2n) is 8.82. The summed E-state index contributed by atoms with van der Waals surface area (Å²) in [5.41, 5.74) is 3.12. The van der Waals surface area contributed by atoms with Gasteiger partial charge in [-0.1, -0.05) is 5.10 Å². The Morgan fingerprint density at radius 2 is 2.07 bits per heavy atom. The van der Waals surface area contributed by atoms with Gasteiger partial charge in [-0.25, -0.2) is 0 Å². The Labute approximate surface area is 164 Å². The quantitative estimate of drug-likeness (QED) is 0.870. The monoisotopic (exact) mass is 384 g/mol. The van der Waals surface area contributed by atoms with Crippen molar-refractivity contribution in [3.63, 3.8) is 0 Å². The number of anilines is 1. The number of hydrogen-bond donors (Lipinski definition) is 1. The molecule has 28 heavy (non-hydrogen) atoms. The smallest absolute Gasteiger partial charge is 0.316 e. The summed E-state index contributed by atoms with van der Waals surface area (Å²) < 4.78 is 7.81. The van der Waals surface area contributed by atoms with Crippen LogP contribution >= 0.6 is 0 Å². The van der Waals surface area contributed by atoms with Gasteiger partial charge in [-0.15, -0.1) is 5.10 Å². The van der Waals surface area contributed by atoms with Gasteiger partial charge in [-0.05, 0) is 62.8 Å². The molecule has 3 aliphatic rings. The highest BCUT2D eigenvalue weighted by Gasteiger charge is 2.45. The van der Waals surface area contributed by atoms with Crippen LogP contribution in [-0.2, 0) is 24.7 Å². The van der Waals surface area contributed by atoms with Crippen molar-refractivity contribution < 1.29 is 9.21 Å². The first-order valence-electron chi connectivity index (χ1n) is 10.4. The summed E-state index contributed by atoms with van der Waals surface area (Å²) in [4.78, 5) is 14.7. The third kappa shape index (κ3) is 3.18. The number of fused-ring (bicyclic) bond motifs is 1. The van der Waals surface area contributed by atoms with Gasteiger partial charge in [0.2, 0.25) is 11.8 Å². The van der Waals surface area contributed by atoms with Gasteiger partial charge in [0.1, 0.15) is 6.04 Å². The maximum atomic E-state index is 12.7. The zero-order valence-electron chi connectivity index (χ0n) is 16.6. The molecule has 1 N–H and O–H groups in total. The number of rotatable bonds is 4. The van der Waals surface area contributed by atoms with Gasteiger partial charge in [0, 0.05) is 31.7 Å². The largest absolute Gasteiger partial charge is 0.408 e. The Bertz CT molecular complexity index is 873. The van der Waals surface area contributed by atoms with Gasteiger partial charge >= 0.3 is 6.01 Å². The van der Waals surface area contributed by atoms with Crippen LogP contribution in [0.1, 0.15) is 62.1 Å². The van der Waals surface area contributed by atoms with Crippen LogP contribution < -0.4 is 5.32 Å². The Morgan fingerprint density at radius 3 is 2.82 bits per heavy atom. The molecular formula is C20H28N6O2. The van der Waals surface area contributed by atoms with Gasteiger partial charge in [-0.2, -0.15) is 5.10 Å². The number of hydrogen-bond acceptors (Lipinski definition) is 6. The van der Waals surface area contributed by atoms with Gasteiger partial charge < -0.3 is 14.6 Å². The topological polar surface area (TPSA) is 89.1 Å². The van der Waals surface area contributed by atoms with Crippen LogP contribution in [0.3, 0.4) is 0 Å². The summed E-state index contributed by atoms with van der Waals surface area (Å²) in [5, 5.41) is 15.8. The van der Waals surface area contributed by atoms with E-state index in [4.69, 9.17) is 4.42 Å². The van der Waals surface area contributed by atoms with Crippen molar-refractivity contribution >= 4 is 11.9 Å². The molecule has 0 aromatic carbocycles. The average Bonchev–Trinajstić information content (AvgIpc) is 3.12. The standard InChI is InChI=1S/C20H28N6O2/c1-13(18(27)26-9-7-20(5-6-20)8-10-26)22-19-24-23-17(28-19)14-3-4-16-15(11-14)12-21-25(16)2/h12-14H,3-11H2,1-2H3,(H,22,24)/t13-,14-/m1/s1.